The van der Waals surface area contributed by atoms with Gasteiger partial charge in [-0.1, -0.05) is 27.7 Å². The molecule has 0 amide bonds. The zero-order chi connectivity index (χ0) is 9.56. The average molecular weight is 248 g/mol. The van der Waals surface area contributed by atoms with Gasteiger partial charge >= 0.3 is 6.13 Å². The van der Waals surface area contributed by atoms with Crippen LogP contribution in [0.1, 0.15) is 27.7 Å². The molecule has 73 valence electrons. The topological polar surface area (TPSA) is 9.23 Å². The summed E-state index contributed by atoms with van der Waals surface area (Å²) in [5, 5.41) is 0. The molecule has 1 atom stereocenters. The molecule has 0 rings (SSSR count). The Hall–Kier alpha value is 1.83. The van der Waals surface area contributed by atoms with E-state index in [9.17, 15) is 0 Å². The predicted molar refractivity (Wildman–Crippen MR) is 68.1 cm³/mol. The molecule has 0 saturated heterocycles. The van der Waals surface area contributed by atoms with Gasteiger partial charge < -0.3 is 0 Å². The van der Waals surface area contributed by atoms with Gasteiger partial charge in [0.2, 0.25) is 11.8 Å². The van der Waals surface area contributed by atoms with Crippen LogP contribution in [0.15, 0.2) is 0 Å². The van der Waals surface area contributed by atoms with Gasteiger partial charge in [-0.05, 0) is 11.8 Å². The van der Waals surface area contributed by atoms with Crippen molar-refractivity contribution in [2.45, 2.75) is 27.7 Å². The fraction of sp³-hybridized carbons (Fsp3) is 1.00. The smallest absolute Gasteiger partial charge is 0.158 e. The third-order valence-electron chi connectivity index (χ3n) is 1.03. The van der Waals surface area contributed by atoms with Gasteiger partial charge in [0, 0.05) is 35.3 Å². The van der Waals surface area contributed by atoms with Gasteiger partial charge in [0.25, 0.3) is 0 Å². The molecule has 0 heterocycles. The Morgan fingerprint density at radius 1 is 1.23 bits per heavy atom. The summed E-state index contributed by atoms with van der Waals surface area (Å²) >= 11 is 6.96. The van der Waals surface area contributed by atoms with Crippen LogP contribution in [0.3, 0.4) is 0 Å². The maximum Gasteiger partial charge on any atom is 0.414 e. The predicted octanol–water partition coefficient (Wildman–Crippen LogP) is 3.44. The van der Waals surface area contributed by atoms with E-state index in [4.69, 9.17) is 16.3 Å². The zero-order valence-electron chi connectivity index (χ0n) is 9.24. The molecule has 0 fully saturated rings. The molecule has 0 N–H and O–H groups in total. The van der Waals surface area contributed by atoms with Gasteiger partial charge in [0.15, 0.2) is 0 Å². The number of hydrogen-bond acceptors (Lipinski definition) is 3. The maximum absolute atomic E-state index is 5.50. The molecule has 0 aromatic rings. The van der Waals surface area contributed by atoms with Gasteiger partial charge in [-0.3, -0.25) is 0 Å². The number of rotatable bonds is 6. The molecule has 13 heavy (non-hydrogen) atoms. The quantitative estimate of drug-likeness (QED) is 0.526. The Morgan fingerprint density at radius 3 is 2.15 bits per heavy atom. The van der Waals surface area contributed by atoms with Crippen LogP contribution in [-0.2, 0) is 16.3 Å². The van der Waals surface area contributed by atoms with Crippen LogP contribution >= 0.6 is 17.5 Å². The van der Waals surface area contributed by atoms with Crippen molar-refractivity contribution >= 4 is 58.9 Å². The summed E-state index contributed by atoms with van der Waals surface area (Å²) in [5.74, 6) is 2.43. The first-order chi connectivity index (χ1) is 5.52. The summed E-state index contributed by atoms with van der Waals surface area (Å²) in [6.45, 7) is 9.50. The molecule has 0 aliphatic carbocycles. The van der Waals surface area contributed by atoms with Crippen LogP contribution in [0.25, 0.3) is 0 Å². The second-order valence-corrected chi connectivity index (χ2v) is 8.36. The van der Waals surface area contributed by atoms with E-state index in [1.54, 1.807) is 11.4 Å². The normalized spacial score (nSPS) is 11.7. The maximum atomic E-state index is 5.50. The largest absolute Gasteiger partial charge is 0.414 e. The molecule has 0 aliphatic rings. The Morgan fingerprint density at radius 2 is 1.77 bits per heavy atom. The fourth-order valence-electron chi connectivity index (χ4n) is 0.457. The van der Waals surface area contributed by atoms with Crippen LogP contribution in [0.4, 0.5) is 0 Å². The summed E-state index contributed by atoms with van der Waals surface area (Å²) < 4.78 is 5.50. The van der Waals surface area contributed by atoms with E-state index in [1.807, 2.05) is 0 Å². The minimum absolute atomic E-state index is 0. The van der Waals surface area contributed by atoms with Crippen molar-refractivity contribution in [3.05, 3.63) is 0 Å². The second-order valence-electron chi connectivity index (χ2n) is 3.60. The monoisotopic (exact) mass is 248 g/mol. The van der Waals surface area contributed by atoms with Crippen molar-refractivity contribution in [1.82, 2.24) is 0 Å². The summed E-state index contributed by atoms with van der Waals surface area (Å²) in [5.41, 5.74) is 0. The molecule has 0 bridgehead atoms. The molecule has 0 saturated carbocycles. The van der Waals surface area contributed by atoms with E-state index in [1.165, 1.54) is 0 Å². The third-order valence-corrected chi connectivity index (χ3v) is 5.07. The summed E-state index contributed by atoms with van der Waals surface area (Å²) in [7, 11) is 0. The van der Waals surface area contributed by atoms with Crippen molar-refractivity contribution in [3.8, 4) is 0 Å². The fourth-order valence-corrected chi connectivity index (χ4v) is 3.77. The van der Waals surface area contributed by atoms with Crippen LogP contribution in [0.5, 0.6) is 0 Å². The van der Waals surface area contributed by atoms with E-state index >= 15 is 0 Å². The molecule has 1 unspecified atom stereocenters. The van der Waals surface area contributed by atoms with Crippen molar-refractivity contribution in [3.63, 3.8) is 0 Å². The van der Waals surface area contributed by atoms with E-state index < -0.39 is 6.13 Å². The summed E-state index contributed by atoms with van der Waals surface area (Å²) in [6, 6.07) is 0. The average Bonchev–Trinajstić information content (AvgIpc) is 1.96. The van der Waals surface area contributed by atoms with Crippen LogP contribution in [0, 0.1) is 11.8 Å². The first-order valence-electron chi connectivity index (χ1n) is 4.25. The first-order valence-corrected chi connectivity index (χ1v) is 8.11. The van der Waals surface area contributed by atoms with Gasteiger partial charge in [-0.2, -0.15) is 4.52 Å². The Balaban J connectivity index is 0. The third kappa shape index (κ3) is 13.8. The molecule has 0 spiro atoms. The summed E-state index contributed by atoms with van der Waals surface area (Å²) in [6.07, 6.45) is -0.646. The standard InChI is InChI=1S/C8H18OPS2.Na/c1-7(2)5-9-10(11)12-6-8(3)4;/h7-8H,5-6H2,1-4H3;/q+1;. The Kier molecular flexibility index (Phi) is 13.7. The van der Waals surface area contributed by atoms with E-state index in [0.29, 0.717) is 11.8 Å². The molecular weight excluding hydrogens is 230 g/mol. The zero-order valence-corrected chi connectivity index (χ0v) is 13.8. The minimum atomic E-state index is -0.646. The molecule has 0 aliphatic heterocycles. The van der Waals surface area contributed by atoms with E-state index in [0.717, 1.165) is 12.4 Å². The molecule has 1 radical (unpaired) electrons. The van der Waals surface area contributed by atoms with Gasteiger partial charge in [-0.25, -0.2) is 0 Å². The van der Waals surface area contributed by atoms with Gasteiger partial charge in [0.05, 0.1) is 0 Å². The van der Waals surface area contributed by atoms with Crippen molar-refractivity contribution in [2.75, 3.05) is 12.4 Å². The molecular formula is C8H18NaOPS2+. The summed E-state index contributed by atoms with van der Waals surface area (Å²) in [4.78, 5) is 0. The van der Waals surface area contributed by atoms with Gasteiger partial charge in [0.1, 0.15) is 18.0 Å². The van der Waals surface area contributed by atoms with Crippen molar-refractivity contribution < 1.29 is 4.52 Å². The Labute approximate surface area is 114 Å². The van der Waals surface area contributed by atoms with E-state index in [-0.39, 0.29) is 29.6 Å². The molecule has 1 nitrogen and oxygen atoms in total. The second kappa shape index (κ2) is 10.4. The Bertz CT molecular complexity index is 128. The minimum Gasteiger partial charge on any atom is -0.158 e. The van der Waals surface area contributed by atoms with Crippen LogP contribution in [-0.4, -0.2) is 41.9 Å². The van der Waals surface area contributed by atoms with Crippen LogP contribution in [0.2, 0.25) is 0 Å². The van der Waals surface area contributed by atoms with Gasteiger partial charge in [-0.15, -0.1) is 0 Å². The first kappa shape index (κ1) is 17.2. The van der Waals surface area contributed by atoms with Crippen molar-refractivity contribution in [1.29, 1.82) is 0 Å². The van der Waals surface area contributed by atoms with Crippen molar-refractivity contribution in [2.24, 2.45) is 11.8 Å². The molecule has 0 aromatic carbocycles. The van der Waals surface area contributed by atoms with E-state index in [2.05, 4.69) is 27.7 Å². The molecule has 5 heteroatoms. The van der Waals surface area contributed by atoms with Crippen LogP contribution < -0.4 is 0 Å². The molecule has 0 aromatic heterocycles. The SMILES string of the molecule is CC(C)CO[P+](=S)SCC(C)C.[Na]. The number of hydrogen-bond donors (Lipinski definition) is 0.